The van der Waals surface area contributed by atoms with Gasteiger partial charge < -0.3 is 9.64 Å². The fourth-order valence-electron chi connectivity index (χ4n) is 1.21. The van der Waals surface area contributed by atoms with E-state index >= 15 is 0 Å². The Bertz CT molecular complexity index is 309. The van der Waals surface area contributed by atoms with Gasteiger partial charge >= 0.3 is 6.09 Å². The summed E-state index contributed by atoms with van der Waals surface area (Å²) in [5.74, 6) is 0. The normalized spacial score (nSPS) is 10.1. The van der Waals surface area contributed by atoms with Crippen molar-refractivity contribution in [1.29, 1.82) is 0 Å². The molecule has 0 aromatic heterocycles. The Hall–Kier alpha value is -1.51. The van der Waals surface area contributed by atoms with E-state index in [1.165, 1.54) is 0 Å². The monoisotopic (exact) mass is 207 g/mol. The molecule has 1 aromatic carbocycles. The van der Waals surface area contributed by atoms with Crippen molar-refractivity contribution in [2.45, 2.75) is 26.5 Å². The molecule has 0 aliphatic rings. The third-order valence-electron chi connectivity index (χ3n) is 1.91. The van der Waals surface area contributed by atoms with E-state index in [-0.39, 0.29) is 12.2 Å². The zero-order valence-electron chi connectivity index (χ0n) is 9.43. The zero-order chi connectivity index (χ0) is 11.3. The van der Waals surface area contributed by atoms with Crippen LogP contribution in [-0.2, 0) is 11.3 Å². The van der Waals surface area contributed by atoms with Crippen LogP contribution >= 0.6 is 0 Å². The summed E-state index contributed by atoms with van der Waals surface area (Å²) in [6.07, 6.45) is -0.357. The molecule has 15 heavy (non-hydrogen) atoms. The fraction of sp³-hybridized carbons (Fsp3) is 0.417. The van der Waals surface area contributed by atoms with Crippen LogP contribution in [0.25, 0.3) is 0 Å². The Kier molecular flexibility index (Phi) is 4.16. The Balaban J connectivity index is 2.49. The van der Waals surface area contributed by atoms with Crippen LogP contribution in [-0.4, -0.2) is 24.1 Å². The van der Waals surface area contributed by atoms with E-state index < -0.39 is 0 Å². The number of amides is 1. The number of rotatable bonds is 3. The molecular formula is C12H17NO2. The molecule has 0 saturated carbocycles. The Morgan fingerprint density at radius 2 is 1.93 bits per heavy atom. The highest BCUT2D eigenvalue weighted by Gasteiger charge is 2.11. The van der Waals surface area contributed by atoms with E-state index in [0.717, 1.165) is 5.56 Å². The molecule has 0 atom stereocenters. The van der Waals surface area contributed by atoms with Crippen LogP contribution in [0.5, 0.6) is 0 Å². The summed E-state index contributed by atoms with van der Waals surface area (Å²) in [5, 5.41) is 0. The average Bonchev–Trinajstić information content (AvgIpc) is 2.18. The second-order valence-electron chi connectivity index (χ2n) is 3.77. The van der Waals surface area contributed by atoms with Gasteiger partial charge in [0.05, 0.1) is 6.10 Å². The minimum atomic E-state index is -0.283. The molecule has 3 heteroatoms. The van der Waals surface area contributed by atoms with Crippen molar-refractivity contribution in [3.05, 3.63) is 35.9 Å². The molecule has 0 aliphatic heterocycles. The van der Waals surface area contributed by atoms with Crippen LogP contribution in [0, 0.1) is 0 Å². The summed E-state index contributed by atoms with van der Waals surface area (Å²) in [6, 6.07) is 9.84. The Labute approximate surface area is 90.7 Å². The Morgan fingerprint density at radius 1 is 1.33 bits per heavy atom. The van der Waals surface area contributed by atoms with E-state index in [9.17, 15) is 4.79 Å². The van der Waals surface area contributed by atoms with Gasteiger partial charge in [-0.15, -0.1) is 0 Å². The minimum Gasteiger partial charge on any atom is -0.447 e. The summed E-state index contributed by atoms with van der Waals surface area (Å²) in [4.78, 5) is 13.0. The van der Waals surface area contributed by atoms with Crippen LogP contribution in [0.4, 0.5) is 4.79 Å². The van der Waals surface area contributed by atoms with Gasteiger partial charge in [0.1, 0.15) is 0 Å². The molecule has 82 valence electrons. The number of nitrogens with zero attached hydrogens (tertiary/aromatic N) is 1. The summed E-state index contributed by atoms with van der Waals surface area (Å²) < 4.78 is 5.07. The lowest BCUT2D eigenvalue weighted by Crippen LogP contribution is -2.28. The molecule has 1 amide bonds. The molecule has 0 radical (unpaired) electrons. The van der Waals surface area contributed by atoms with Crippen molar-refractivity contribution in [3.63, 3.8) is 0 Å². The highest BCUT2D eigenvalue weighted by atomic mass is 16.6. The van der Waals surface area contributed by atoms with Gasteiger partial charge in [0.25, 0.3) is 0 Å². The van der Waals surface area contributed by atoms with Gasteiger partial charge in [0.2, 0.25) is 0 Å². The second kappa shape index (κ2) is 5.39. The van der Waals surface area contributed by atoms with Crippen LogP contribution in [0.15, 0.2) is 30.3 Å². The third-order valence-corrected chi connectivity index (χ3v) is 1.91. The van der Waals surface area contributed by atoms with Crippen molar-refractivity contribution in [2.24, 2.45) is 0 Å². The maximum absolute atomic E-state index is 11.5. The molecule has 0 bridgehead atoms. The number of carbonyl (C=O) groups excluding carboxylic acids is 1. The first-order valence-electron chi connectivity index (χ1n) is 5.05. The molecule has 0 spiro atoms. The molecule has 0 saturated heterocycles. The molecule has 0 aliphatic carbocycles. The lowest BCUT2D eigenvalue weighted by molar-refractivity contribution is 0.0822. The predicted molar refractivity (Wildman–Crippen MR) is 59.5 cm³/mol. The Morgan fingerprint density at radius 3 is 2.47 bits per heavy atom. The molecule has 0 fully saturated rings. The van der Waals surface area contributed by atoms with Gasteiger partial charge in [-0.2, -0.15) is 0 Å². The van der Waals surface area contributed by atoms with Crippen LogP contribution in [0.2, 0.25) is 0 Å². The molecular weight excluding hydrogens is 190 g/mol. The largest absolute Gasteiger partial charge is 0.447 e. The highest BCUT2D eigenvalue weighted by molar-refractivity contribution is 5.67. The van der Waals surface area contributed by atoms with Gasteiger partial charge in [-0.05, 0) is 19.4 Å². The van der Waals surface area contributed by atoms with Crippen molar-refractivity contribution in [1.82, 2.24) is 4.90 Å². The first kappa shape index (κ1) is 11.6. The molecule has 0 unspecified atom stereocenters. The maximum Gasteiger partial charge on any atom is 0.410 e. The summed E-state index contributed by atoms with van der Waals surface area (Å²) in [7, 11) is 1.73. The lowest BCUT2D eigenvalue weighted by Gasteiger charge is -2.18. The smallest absolute Gasteiger partial charge is 0.410 e. The van der Waals surface area contributed by atoms with E-state index in [0.29, 0.717) is 6.54 Å². The summed E-state index contributed by atoms with van der Waals surface area (Å²) >= 11 is 0. The van der Waals surface area contributed by atoms with Gasteiger partial charge in [-0.1, -0.05) is 30.3 Å². The number of carbonyl (C=O) groups is 1. The zero-order valence-corrected chi connectivity index (χ0v) is 9.43. The standard InChI is InChI=1S/C12H17NO2/c1-10(2)15-12(14)13(3)9-11-7-5-4-6-8-11/h4-8,10H,9H2,1-3H3. The van der Waals surface area contributed by atoms with Crippen LogP contribution < -0.4 is 0 Å². The van der Waals surface area contributed by atoms with Crippen molar-refractivity contribution >= 4 is 6.09 Å². The third kappa shape index (κ3) is 4.02. The molecule has 0 heterocycles. The van der Waals surface area contributed by atoms with Crippen molar-refractivity contribution in [2.75, 3.05) is 7.05 Å². The van der Waals surface area contributed by atoms with Crippen molar-refractivity contribution in [3.8, 4) is 0 Å². The van der Waals surface area contributed by atoms with Crippen molar-refractivity contribution < 1.29 is 9.53 Å². The molecule has 1 aromatic rings. The number of hydrogen-bond donors (Lipinski definition) is 0. The van der Waals surface area contributed by atoms with Gasteiger partial charge in [-0.25, -0.2) is 4.79 Å². The lowest BCUT2D eigenvalue weighted by atomic mass is 10.2. The fourth-order valence-corrected chi connectivity index (χ4v) is 1.21. The topological polar surface area (TPSA) is 29.5 Å². The average molecular weight is 207 g/mol. The van der Waals surface area contributed by atoms with E-state index in [4.69, 9.17) is 4.74 Å². The molecule has 0 N–H and O–H groups in total. The van der Waals surface area contributed by atoms with Crippen LogP contribution in [0.1, 0.15) is 19.4 Å². The van der Waals surface area contributed by atoms with E-state index in [1.54, 1.807) is 11.9 Å². The molecule has 1 rings (SSSR count). The maximum atomic E-state index is 11.5. The van der Waals surface area contributed by atoms with Gasteiger partial charge in [0.15, 0.2) is 0 Å². The van der Waals surface area contributed by atoms with Crippen LogP contribution in [0.3, 0.4) is 0 Å². The van der Waals surface area contributed by atoms with E-state index in [1.807, 2.05) is 44.2 Å². The van der Waals surface area contributed by atoms with Gasteiger partial charge in [-0.3, -0.25) is 0 Å². The first-order chi connectivity index (χ1) is 7.09. The first-order valence-corrected chi connectivity index (χ1v) is 5.05. The highest BCUT2D eigenvalue weighted by Crippen LogP contribution is 2.04. The second-order valence-corrected chi connectivity index (χ2v) is 3.77. The summed E-state index contributed by atoms with van der Waals surface area (Å²) in [5.41, 5.74) is 1.10. The number of ether oxygens (including phenoxy) is 1. The SMILES string of the molecule is CC(C)OC(=O)N(C)Cc1ccccc1. The minimum absolute atomic E-state index is 0.0734. The quantitative estimate of drug-likeness (QED) is 0.762. The number of hydrogen-bond acceptors (Lipinski definition) is 2. The number of benzene rings is 1. The summed E-state index contributed by atoms with van der Waals surface area (Å²) in [6.45, 7) is 4.26. The predicted octanol–water partition coefficient (Wildman–Crippen LogP) is 2.66. The molecule has 3 nitrogen and oxygen atoms in total. The van der Waals surface area contributed by atoms with Gasteiger partial charge in [0, 0.05) is 13.6 Å². The van der Waals surface area contributed by atoms with E-state index in [2.05, 4.69) is 0 Å².